The third-order valence-corrected chi connectivity index (χ3v) is 2.76. The first kappa shape index (κ1) is 18.7. The Morgan fingerprint density at radius 2 is 1.75 bits per heavy atom. The lowest BCUT2D eigenvalue weighted by molar-refractivity contribution is -0.144. The van der Waals surface area contributed by atoms with Crippen LogP contribution in [-0.4, -0.2) is 43.3 Å². The molecule has 0 aromatic carbocycles. The number of esters is 1. The largest absolute Gasteiger partial charge is 0.464 e. The van der Waals surface area contributed by atoms with Crippen molar-refractivity contribution >= 4 is 12.1 Å². The van der Waals surface area contributed by atoms with Gasteiger partial charge in [-0.25, -0.2) is 4.79 Å². The highest BCUT2D eigenvalue weighted by Gasteiger charge is 2.17. The number of hydrogen-bond donors (Lipinski definition) is 0. The van der Waals surface area contributed by atoms with Gasteiger partial charge >= 0.3 is 12.1 Å². The zero-order valence-electron chi connectivity index (χ0n) is 13.3. The van der Waals surface area contributed by atoms with E-state index in [0.717, 1.165) is 25.7 Å². The lowest BCUT2D eigenvalue weighted by Crippen LogP contribution is -2.37. The van der Waals surface area contributed by atoms with Gasteiger partial charge in [0.1, 0.15) is 6.54 Å². The lowest BCUT2D eigenvalue weighted by Gasteiger charge is -2.20. The Morgan fingerprint density at radius 1 is 1.05 bits per heavy atom. The molecule has 0 aliphatic carbocycles. The van der Waals surface area contributed by atoms with Gasteiger partial charge in [-0.15, -0.1) is 0 Å². The van der Waals surface area contributed by atoms with E-state index in [-0.39, 0.29) is 18.4 Å². The van der Waals surface area contributed by atoms with Crippen LogP contribution in [0.3, 0.4) is 0 Å². The first-order chi connectivity index (χ1) is 9.51. The second kappa shape index (κ2) is 11.6. The number of likely N-dealkylation sites (N-methyl/N-ethyl adjacent to an activating group) is 1. The topological polar surface area (TPSA) is 55.8 Å². The Kier molecular flexibility index (Phi) is 10.8. The van der Waals surface area contributed by atoms with Gasteiger partial charge in [-0.2, -0.15) is 0 Å². The first-order valence-electron chi connectivity index (χ1n) is 7.58. The van der Waals surface area contributed by atoms with Gasteiger partial charge in [0.15, 0.2) is 0 Å². The Morgan fingerprint density at radius 3 is 2.30 bits per heavy atom. The van der Waals surface area contributed by atoms with Crippen LogP contribution in [-0.2, 0) is 14.3 Å². The fourth-order valence-electron chi connectivity index (χ4n) is 1.55. The number of rotatable bonds is 10. The highest BCUT2D eigenvalue weighted by atomic mass is 16.6. The third kappa shape index (κ3) is 9.64. The van der Waals surface area contributed by atoms with E-state index in [9.17, 15) is 9.59 Å². The van der Waals surface area contributed by atoms with Crippen molar-refractivity contribution in [2.45, 2.75) is 53.4 Å². The van der Waals surface area contributed by atoms with Crippen molar-refractivity contribution < 1.29 is 19.1 Å². The molecule has 0 unspecified atom stereocenters. The van der Waals surface area contributed by atoms with Crippen LogP contribution in [0.4, 0.5) is 4.79 Å². The molecule has 20 heavy (non-hydrogen) atoms. The molecule has 0 fully saturated rings. The average molecular weight is 287 g/mol. The van der Waals surface area contributed by atoms with E-state index in [0.29, 0.717) is 19.8 Å². The van der Waals surface area contributed by atoms with Crippen LogP contribution < -0.4 is 0 Å². The van der Waals surface area contributed by atoms with Crippen molar-refractivity contribution in [1.29, 1.82) is 0 Å². The molecule has 0 radical (unpaired) electrons. The third-order valence-electron chi connectivity index (χ3n) is 2.76. The molecule has 0 aromatic rings. The molecule has 5 heteroatoms. The van der Waals surface area contributed by atoms with E-state index < -0.39 is 6.09 Å². The molecule has 0 saturated heterocycles. The van der Waals surface area contributed by atoms with Gasteiger partial charge in [0, 0.05) is 6.54 Å². The number of nitrogens with zero attached hydrogens (tertiary/aromatic N) is 1. The molecule has 118 valence electrons. The van der Waals surface area contributed by atoms with Crippen LogP contribution in [0.25, 0.3) is 0 Å². The summed E-state index contributed by atoms with van der Waals surface area (Å²) in [6, 6.07) is 0. The highest BCUT2D eigenvalue weighted by Crippen LogP contribution is 2.01. The van der Waals surface area contributed by atoms with Crippen LogP contribution in [0.2, 0.25) is 0 Å². The van der Waals surface area contributed by atoms with Crippen molar-refractivity contribution in [2.24, 2.45) is 5.92 Å². The van der Waals surface area contributed by atoms with Crippen molar-refractivity contribution in [3.8, 4) is 0 Å². The monoisotopic (exact) mass is 287 g/mol. The van der Waals surface area contributed by atoms with Crippen molar-refractivity contribution in [3.63, 3.8) is 0 Å². The summed E-state index contributed by atoms with van der Waals surface area (Å²) in [4.78, 5) is 24.7. The van der Waals surface area contributed by atoms with Crippen LogP contribution in [0.5, 0.6) is 0 Å². The maximum Gasteiger partial charge on any atom is 0.410 e. The summed E-state index contributed by atoms with van der Waals surface area (Å²) >= 11 is 0. The number of hydrogen-bond acceptors (Lipinski definition) is 4. The minimum atomic E-state index is -0.455. The Hall–Kier alpha value is -1.26. The normalized spacial score (nSPS) is 10.4. The standard InChI is InChI=1S/C15H29NO4/c1-5-7-8-9-10-19-14(17)11-16(6-2)15(18)20-12-13(3)4/h13H,5-12H2,1-4H3. The van der Waals surface area contributed by atoms with Crippen LogP contribution in [0, 0.1) is 5.92 Å². The summed E-state index contributed by atoms with van der Waals surface area (Å²) in [5, 5.41) is 0. The first-order valence-corrected chi connectivity index (χ1v) is 7.58. The second-order valence-corrected chi connectivity index (χ2v) is 5.27. The van der Waals surface area contributed by atoms with Gasteiger partial charge in [0.2, 0.25) is 0 Å². The summed E-state index contributed by atoms with van der Waals surface area (Å²) in [6.45, 7) is 9.06. The lowest BCUT2D eigenvalue weighted by atomic mass is 10.2. The zero-order chi connectivity index (χ0) is 15.4. The molecule has 0 aromatic heterocycles. The minimum absolute atomic E-state index is 0.0405. The molecule has 0 rings (SSSR count). The molecule has 0 saturated carbocycles. The predicted octanol–water partition coefficient (Wildman–Crippen LogP) is 3.22. The quantitative estimate of drug-likeness (QED) is 0.457. The van der Waals surface area contributed by atoms with E-state index in [1.165, 1.54) is 4.90 Å². The SMILES string of the molecule is CCCCCCOC(=O)CN(CC)C(=O)OCC(C)C. The summed E-state index contributed by atoms with van der Waals surface area (Å²) in [7, 11) is 0. The Labute approximate surface area is 122 Å². The Balaban J connectivity index is 3.90. The molecule has 0 bridgehead atoms. The number of carbonyl (C=O) groups excluding carboxylic acids is 2. The number of unbranched alkanes of at least 4 members (excludes halogenated alkanes) is 3. The maximum absolute atomic E-state index is 11.7. The summed E-state index contributed by atoms with van der Waals surface area (Å²) in [5.74, 6) is -0.0898. The van der Waals surface area contributed by atoms with Gasteiger partial charge in [0.05, 0.1) is 13.2 Å². The molecule has 0 spiro atoms. The van der Waals surface area contributed by atoms with E-state index in [1.54, 1.807) is 0 Å². The molecule has 0 aliphatic heterocycles. The molecular formula is C15H29NO4. The molecule has 0 aliphatic rings. The van der Waals surface area contributed by atoms with Gasteiger partial charge in [0.25, 0.3) is 0 Å². The van der Waals surface area contributed by atoms with E-state index in [1.807, 2.05) is 20.8 Å². The van der Waals surface area contributed by atoms with Crippen LogP contribution in [0.15, 0.2) is 0 Å². The summed E-state index contributed by atoms with van der Waals surface area (Å²) in [6.07, 6.45) is 3.80. The number of amides is 1. The van der Waals surface area contributed by atoms with Crippen LogP contribution in [0.1, 0.15) is 53.4 Å². The molecule has 0 N–H and O–H groups in total. The second-order valence-electron chi connectivity index (χ2n) is 5.27. The zero-order valence-corrected chi connectivity index (χ0v) is 13.3. The van der Waals surface area contributed by atoms with E-state index >= 15 is 0 Å². The minimum Gasteiger partial charge on any atom is -0.464 e. The molecular weight excluding hydrogens is 258 g/mol. The van der Waals surface area contributed by atoms with Crippen molar-refractivity contribution in [1.82, 2.24) is 4.90 Å². The number of ether oxygens (including phenoxy) is 2. The van der Waals surface area contributed by atoms with Crippen molar-refractivity contribution in [2.75, 3.05) is 26.3 Å². The summed E-state index contributed by atoms with van der Waals surface area (Å²) in [5.41, 5.74) is 0. The maximum atomic E-state index is 11.7. The van der Waals surface area contributed by atoms with E-state index in [4.69, 9.17) is 9.47 Å². The van der Waals surface area contributed by atoms with Gasteiger partial charge in [-0.3, -0.25) is 9.69 Å². The van der Waals surface area contributed by atoms with Crippen LogP contribution >= 0.6 is 0 Å². The van der Waals surface area contributed by atoms with Gasteiger partial charge < -0.3 is 9.47 Å². The fourth-order valence-corrected chi connectivity index (χ4v) is 1.55. The predicted molar refractivity (Wildman–Crippen MR) is 78.5 cm³/mol. The fraction of sp³-hybridized carbons (Fsp3) is 0.867. The number of carbonyl (C=O) groups is 2. The smallest absolute Gasteiger partial charge is 0.410 e. The van der Waals surface area contributed by atoms with E-state index in [2.05, 4.69) is 6.92 Å². The van der Waals surface area contributed by atoms with Crippen molar-refractivity contribution in [3.05, 3.63) is 0 Å². The average Bonchev–Trinajstić information content (AvgIpc) is 2.41. The highest BCUT2D eigenvalue weighted by molar-refractivity contribution is 5.78. The summed E-state index contributed by atoms with van der Waals surface area (Å²) < 4.78 is 10.2. The molecule has 1 amide bonds. The Bertz CT molecular complexity index is 279. The molecule has 0 heterocycles. The van der Waals surface area contributed by atoms with Gasteiger partial charge in [-0.05, 0) is 19.3 Å². The molecule has 0 atom stereocenters. The molecule has 5 nitrogen and oxygen atoms in total. The van der Waals surface area contributed by atoms with Gasteiger partial charge in [-0.1, -0.05) is 40.0 Å².